The van der Waals surface area contributed by atoms with Gasteiger partial charge in [0.05, 0.1) is 58.6 Å². The highest BCUT2D eigenvalue weighted by Gasteiger charge is 2.60. The minimum atomic E-state index is -1.16. The second-order valence-corrected chi connectivity index (χ2v) is 13.0. The number of nitrogens with one attached hydrogen (secondary N) is 2. The molecule has 43 heavy (non-hydrogen) atoms. The average molecular weight is 622 g/mol. The van der Waals surface area contributed by atoms with Gasteiger partial charge in [-0.25, -0.2) is 24.2 Å². The number of aromatic nitrogens is 2. The van der Waals surface area contributed by atoms with Crippen molar-refractivity contribution in [2.75, 3.05) is 20.0 Å². The Balaban J connectivity index is 1.61. The second-order valence-electron chi connectivity index (χ2n) is 11.3. The number of ether oxygens (including phenoxy) is 2. The van der Waals surface area contributed by atoms with Crippen LogP contribution in [-0.4, -0.2) is 81.2 Å². The molecular weight excluding hydrogens is 577 g/mol. The SMILES string of the molecule is CCCCCCOC(=O)C1(C)NP(COC(C)Cn2cnc(C=N)c2/N=C\N(C)Cc2oc(=O)oc2C)N1C(C)(C)C=O. The number of hydrogen-bond donors (Lipinski definition) is 2. The lowest BCUT2D eigenvalue weighted by atomic mass is 10.0. The quantitative estimate of drug-likeness (QED) is 0.0618. The van der Waals surface area contributed by atoms with Crippen LogP contribution in [0, 0.1) is 12.3 Å². The zero-order valence-electron chi connectivity index (χ0n) is 26.1. The molecule has 2 N–H and O–H groups in total. The number of aldehydes is 1. The summed E-state index contributed by atoms with van der Waals surface area (Å²) >= 11 is 0. The van der Waals surface area contributed by atoms with Crippen molar-refractivity contribution in [2.24, 2.45) is 4.99 Å². The number of carbonyl (C=O) groups is 2. The molecule has 1 saturated heterocycles. The van der Waals surface area contributed by atoms with Crippen LogP contribution in [0.4, 0.5) is 5.82 Å². The molecule has 0 saturated carbocycles. The van der Waals surface area contributed by atoms with Gasteiger partial charge in [0.25, 0.3) is 0 Å². The van der Waals surface area contributed by atoms with E-state index in [1.807, 2.05) is 11.6 Å². The molecule has 3 rings (SSSR count). The molecule has 238 valence electrons. The molecule has 0 spiro atoms. The Hall–Kier alpha value is -3.19. The normalized spacial score (nSPS) is 19.7. The van der Waals surface area contributed by atoms with E-state index in [-0.39, 0.29) is 19.0 Å². The van der Waals surface area contributed by atoms with Crippen LogP contribution < -0.4 is 10.9 Å². The topological polar surface area (TPSA) is 168 Å². The lowest BCUT2D eigenvalue weighted by Crippen LogP contribution is -2.74. The third-order valence-corrected chi connectivity index (χ3v) is 9.48. The third-order valence-electron chi connectivity index (χ3n) is 6.99. The zero-order valence-corrected chi connectivity index (χ0v) is 27.0. The smallest absolute Gasteiger partial charge is 0.463 e. The molecule has 0 bridgehead atoms. The van der Waals surface area contributed by atoms with E-state index < -0.39 is 31.2 Å². The number of carbonyl (C=O) groups excluding carboxylic acids is 2. The van der Waals surface area contributed by atoms with Gasteiger partial charge < -0.3 is 38.0 Å². The van der Waals surface area contributed by atoms with Crippen LogP contribution in [0.1, 0.15) is 77.5 Å². The van der Waals surface area contributed by atoms with Crippen LogP contribution in [-0.2, 0) is 32.2 Å². The summed E-state index contributed by atoms with van der Waals surface area (Å²) in [6.45, 7) is 12.0. The van der Waals surface area contributed by atoms with Crippen LogP contribution >= 0.6 is 8.22 Å². The average Bonchev–Trinajstić information content (AvgIpc) is 3.48. The predicted molar refractivity (Wildman–Crippen MR) is 163 cm³/mol. The second kappa shape index (κ2) is 15.0. The third kappa shape index (κ3) is 8.47. The Morgan fingerprint density at radius 2 is 2.09 bits per heavy atom. The van der Waals surface area contributed by atoms with Gasteiger partial charge >= 0.3 is 11.8 Å². The van der Waals surface area contributed by atoms with E-state index in [1.54, 1.807) is 56.9 Å². The maximum absolute atomic E-state index is 13.0. The molecule has 0 aromatic carbocycles. The largest absolute Gasteiger partial charge is 0.519 e. The van der Waals surface area contributed by atoms with Crippen molar-refractivity contribution in [3.05, 3.63) is 34.2 Å². The minimum Gasteiger partial charge on any atom is -0.463 e. The summed E-state index contributed by atoms with van der Waals surface area (Å²) in [6.07, 6.45) is 9.10. The van der Waals surface area contributed by atoms with E-state index in [0.717, 1.165) is 38.2 Å². The van der Waals surface area contributed by atoms with E-state index in [0.29, 0.717) is 36.2 Å². The molecule has 1 aliphatic heterocycles. The van der Waals surface area contributed by atoms with E-state index in [2.05, 4.69) is 22.0 Å². The number of hydrogen-bond acceptors (Lipinski definition) is 12. The summed E-state index contributed by atoms with van der Waals surface area (Å²) in [4.78, 5) is 46.9. The lowest BCUT2D eigenvalue weighted by molar-refractivity contribution is -0.161. The number of rotatable bonds is 18. The number of aryl methyl sites for hydroxylation is 1. The van der Waals surface area contributed by atoms with Crippen LogP contribution in [0.15, 0.2) is 24.9 Å². The van der Waals surface area contributed by atoms with Crippen molar-refractivity contribution >= 4 is 38.8 Å². The highest BCUT2D eigenvalue weighted by Crippen LogP contribution is 2.56. The van der Waals surface area contributed by atoms with Gasteiger partial charge in [-0.2, -0.15) is 0 Å². The fourth-order valence-corrected chi connectivity index (χ4v) is 7.28. The van der Waals surface area contributed by atoms with Crippen molar-refractivity contribution in [1.82, 2.24) is 24.2 Å². The monoisotopic (exact) mass is 621 g/mol. The first-order chi connectivity index (χ1) is 20.4. The zero-order chi connectivity index (χ0) is 31.8. The Morgan fingerprint density at radius 1 is 1.35 bits per heavy atom. The van der Waals surface area contributed by atoms with Crippen molar-refractivity contribution in [3.63, 3.8) is 0 Å². The van der Waals surface area contributed by atoms with Crippen molar-refractivity contribution in [3.8, 4) is 0 Å². The van der Waals surface area contributed by atoms with E-state index >= 15 is 0 Å². The van der Waals surface area contributed by atoms with Gasteiger partial charge in [-0.15, -0.1) is 0 Å². The fraction of sp³-hybridized carbons (Fsp3) is 0.643. The summed E-state index contributed by atoms with van der Waals surface area (Å²) in [5.41, 5.74) is -1.65. The lowest BCUT2D eigenvalue weighted by Gasteiger charge is -2.59. The molecule has 1 aliphatic rings. The summed E-state index contributed by atoms with van der Waals surface area (Å²) in [5.74, 6) is 0.110. The molecule has 0 aliphatic carbocycles. The maximum atomic E-state index is 13.0. The van der Waals surface area contributed by atoms with Crippen LogP contribution in [0.25, 0.3) is 0 Å². The van der Waals surface area contributed by atoms with Crippen LogP contribution in [0.5, 0.6) is 0 Å². The van der Waals surface area contributed by atoms with Gasteiger partial charge in [-0.05, 0) is 41.0 Å². The molecular formula is C28H44N7O7P. The Labute approximate surface area is 253 Å². The molecule has 15 heteroatoms. The molecule has 3 unspecified atom stereocenters. The molecule has 14 nitrogen and oxygen atoms in total. The first-order valence-electron chi connectivity index (χ1n) is 14.4. The Kier molecular flexibility index (Phi) is 12.0. The summed E-state index contributed by atoms with van der Waals surface area (Å²) < 4.78 is 25.3. The first-order valence-corrected chi connectivity index (χ1v) is 15.8. The molecule has 2 aromatic heterocycles. The fourth-order valence-electron chi connectivity index (χ4n) is 4.77. The first kappa shape index (κ1) is 34.3. The maximum Gasteiger partial charge on any atom is 0.519 e. The highest BCUT2D eigenvalue weighted by molar-refractivity contribution is 7.54. The predicted octanol–water partition coefficient (Wildman–Crippen LogP) is 3.92. The minimum absolute atomic E-state index is 0.268. The number of imidazole rings is 1. The number of nitrogens with zero attached hydrogens (tertiary/aromatic N) is 5. The van der Waals surface area contributed by atoms with Gasteiger partial charge in [0.2, 0.25) is 0 Å². The van der Waals surface area contributed by atoms with Gasteiger partial charge in [0, 0.05) is 13.3 Å². The summed E-state index contributed by atoms with van der Waals surface area (Å²) in [7, 11) is 0.606. The Morgan fingerprint density at radius 3 is 2.72 bits per heavy atom. The van der Waals surface area contributed by atoms with Gasteiger partial charge in [0.1, 0.15) is 17.7 Å². The Bertz CT molecular complexity index is 1340. The molecule has 3 atom stereocenters. The summed E-state index contributed by atoms with van der Waals surface area (Å²) in [5, 5.41) is 11.1. The van der Waals surface area contributed by atoms with Gasteiger partial charge in [-0.1, -0.05) is 26.2 Å². The number of aliphatic imine (C=N–C) groups is 1. The molecule has 2 aromatic rings. The van der Waals surface area contributed by atoms with Crippen molar-refractivity contribution < 1.29 is 27.9 Å². The van der Waals surface area contributed by atoms with E-state index in [9.17, 15) is 14.4 Å². The van der Waals surface area contributed by atoms with E-state index in [1.165, 1.54) is 0 Å². The molecule has 0 radical (unpaired) electrons. The number of unbranched alkanes of at least 4 members (excludes halogenated alkanes) is 3. The number of esters is 1. The molecule has 3 heterocycles. The van der Waals surface area contributed by atoms with Gasteiger partial charge in [-0.3, -0.25) is 5.09 Å². The molecule has 1 fully saturated rings. The standard InChI is InChI=1S/C28H44N7O7P/c1-8-9-10-11-12-39-25(37)28(6)32-43(35(28)27(4,5)16-36)19-40-20(2)14-34-18-30-22(13-29)24(34)31-17-33(7)15-23-21(3)41-26(38)42-23/h13,16-18,20,29,32H,8-12,14-15,19H2,1-7H3/b29-13?,31-17-. The van der Waals surface area contributed by atoms with Crippen molar-refractivity contribution in [1.29, 1.82) is 5.41 Å². The van der Waals surface area contributed by atoms with Crippen LogP contribution in [0.2, 0.25) is 0 Å². The highest BCUT2D eigenvalue weighted by atomic mass is 31.1. The van der Waals surface area contributed by atoms with Crippen molar-refractivity contribution in [2.45, 2.75) is 97.6 Å². The molecule has 0 amide bonds. The van der Waals surface area contributed by atoms with E-state index in [4.69, 9.17) is 23.7 Å². The summed E-state index contributed by atoms with van der Waals surface area (Å²) in [6, 6.07) is 0. The van der Waals surface area contributed by atoms with Gasteiger partial charge in [0.15, 0.2) is 17.2 Å². The van der Waals surface area contributed by atoms with Crippen LogP contribution in [0.3, 0.4) is 0 Å².